The van der Waals surface area contributed by atoms with E-state index in [-0.39, 0.29) is 15.6 Å². The summed E-state index contributed by atoms with van der Waals surface area (Å²) >= 11 is 6.69. The molecule has 1 N–H and O–H groups in total. The second kappa shape index (κ2) is 5.75. The molecule has 0 saturated heterocycles. The second-order valence-corrected chi connectivity index (χ2v) is 6.44. The van der Waals surface area contributed by atoms with Gasteiger partial charge in [-0.15, -0.1) is 10.2 Å². The highest BCUT2D eigenvalue weighted by Crippen LogP contribution is 2.37. The van der Waals surface area contributed by atoms with Gasteiger partial charge >= 0.3 is 6.18 Å². The van der Waals surface area contributed by atoms with E-state index in [2.05, 4.69) is 15.5 Å². The van der Waals surface area contributed by atoms with Crippen molar-refractivity contribution in [3.8, 4) is 0 Å². The Balaban J connectivity index is 1.99. The maximum absolute atomic E-state index is 13.1. The number of halogens is 4. The van der Waals surface area contributed by atoms with Crippen LogP contribution in [0.4, 0.5) is 18.9 Å². The van der Waals surface area contributed by atoms with Crippen molar-refractivity contribution in [1.82, 2.24) is 14.6 Å². The molecule has 0 atom stereocenters. The summed E-state index contributed by atoms with van der Waals surface area (Å²) in [6.45, 7) is 3.41. The Kier molecular flexibility index (Phi) is 4.00. The number of anilines is 1. The van der Waals surface area contributed by atoms with Gasteiger partial charge in [-0.2, -0.15) is 13.2 Å². The van der Waals surface area contributed by atoms with Crippen LogP contribution in [0.15, 0.2) is 18.2 Å². The number of amides is 1. The topological polar surface area (TPSA) is 59.3 Å². The predicted molar refractivity (Wildman–Crippen MR) is 84.7 cm³/mol. The largest absolute Gasteiger partial charge is 0.418 e. The number of nitrogens with zero attached hydrogens (tertiary/aromatic N) is 3. The minimum Gasteiger partial charge on any atom is -0.321 e. The fourth-order valence-corrected chi connectivity index (χ4v) is 3.49. The van der Waals surface area contributed by atoms with Gasteiger partial charge in [0.2, 0.25) is 4.96 Å². The van der Waals surface area contributed by atoms with E-state index in [0.29, 0.717) is 16.5 Å². The van der Waals surface area contributed by atoms with Crippen LogP contribution in [0.1, 0.15) is 26.8 Å². The number of aryl methyl sites for hydroxylation is 2. The second-order valence-electron chi connectivity index (χ2n) is 5.02. The first-order valence-corrected chi connectivity index (χ1v) is 7.87. The zero-order valence-electron chi connectivity index (χ0n) is 12.4. The molecule has 3 rings (SSSR count). The van der Waals surface area contributed by atoms with Crippen molar-refractivity contribution in [3.05, 3.63) is 45.2 Å². The number of thiazole rings is 1. The summed E-state index contributed by atoms with van der Waals surface area (Å²) in [5, 5.41) is 10.0. The van der Waals surface area contributed by atoms with Crippen molar-refractivity contribution >= 4 is 39.5 Å². The van der Waals surface area contributed by atoms with Crippen LogP contribution in [0.3, 0.4) is 0 Å². The molecule has 0 bridgehead atoms. The number of aromatic nitrogens is 3. The number of alkyl halides is 3. The Hall–Kier alpha value is -2.13. The molecule has 0 radical (unpaired) electrons. The molecule has 1 amide bonds. The van der Waals surface area contributed by atoms with Gasteiger partial charge < -0.3 is 5.32 Å². The van der Waals surface area contributed by atoms with Gasteiger partial charge in [0.1, 0.15) is 10.7 Å². The number of hydrogen-bond acceptors (Lipinski definition) is 4. The molecular weight excluding hydrogens is 365 g/mol. The van der Waals surface area contributed by atoms with Crippen molar-refractivity contribution in [2.24, 2.45) is 0 Å². The SMILES string of the molecule is Cc1nnc2sc(C(=O)Nc3ccc(Cl)cc3C(F)(F)F)c(C)n12. The summed E-state index contributed by atoms with van der Waals surface area (Å²) in [5.41, 5.74) is -0.783. The van der Waals surface area contributed by atoms with Gasteiger partial charge in [-0.3, -0.25) is 9.20 Å². The highest BCUT2D eigenvalue weighted by molar-refractivity contribution is 7.19. The van der Waals surface area contributed by atoms with Crippen LogP contribution in [0, 0.1) is 13.8 Å². The standard InChI is InChI=1S/C14H10ClF3N4OS/c1-6-11(24-13-21-20-7(2)22(6)13)12(23)19-10-4-3-8(15)5-9(10)14(16,17)18/h3-5H,1-2H3,(H,19,23). The van der Waals surface area contributed by atoms with Gasteiger partial charge in [0, 0.05) is 10.7 Å². The van der Waals surface area contributed by atoms with Crippen molar-refractivity contribution in [2.45, 2.75) is 20.0 Å². The third kappa shape index (κ3) is 2.84. The van der Waals surface area contributed by atoms with E-state index in [4.69, 9.17) is 11.6 Å². The van der Waals surface area contributed by atoms with E-state index in [1.807, 2.05) is 0 Å². The highest BCUT2D eigenvalue weighted by atomic mass is 35.5. The van der Waals surface area contributed by atoms with Crippen LogP contribution < -0.4 is 5.32 Å². The first kappa shape index (κ1) is 16.7. The fourth-order valence-electron chi connectivity index (χ4n) is 2.31. The number of fused-ring (bicyclic) bond motifs is 1. The summed E-state index contributed by atoms with van der Waals surface area (Å²) in [6, 6.07) is 3.19. The molecule has 3 aromatic rings. The molecule has 0 fully saturated rings. The first-order chi connectivity index (χ1) is 11.2. The Morgan fingerprint density at radius 3 is 2.62 bits per heavy atom. The summed E-state index contributed by atoms with van der Waals surface area (Å²) in [7, 11) is 0. The van der Waals surface area contributed by atoms with E-state index < -0.39 is 17.6 Å². The summed E-state index contributed by atoms with van der Waals surface area (Å²) in [6.07, 6.45) is -4.63. The molecular formula is C14H10ClF3N4OS. The van der Waals surface area contributed by atoms with Crippen LogP contribution in [-0.4, -0.2) is 20.5 Å². The Morgan fingerprint density at radius 2 is 2.00 bits per heavy atom. The summed E-state index contributed by atoms with van der Waals surface area (Å²) in [4.78, 5) is 13.2. The predicted octanol–water partition coefficient (Wildman–Crippen LogP) is 4.33. The summed E-state index contributed by atoms with van der Waals surface area (Å²) < 4.78 is 41.0. The van der Waals surface area contributed by atoms with E-state index in [1.54, 1.807) is 18.2 Å². The van der Waals surface area contributed by atoms with Gasteiger partial charge in [-0.05, 0) is 32.0 Å². The van der Waals surface area contributed by atoms with Crippen LogP contribution in [-0.2, 0) is 6.18 Å². The average molecular weight is 375 g/mol. The lowest BCUT2D eigenvalue weighted by Crippen LogP contribution is -2.16. The molecule has 0 aliphatic rings. The zero-order chi connectivity index (χ0) is 17.6. The maximum atomic E-state index is 13.1. The van der Waals surface area contributed by atoms with Gasteiger partial charge in [-0.1, -0.05) is 22.9 Å². The van der Waals surface area contributed by atoms with E-state index in [1.165, 1.54) is 6.07 Å². The number of nitrogens with one attached hydrogen (secondary N) is 1. The fraction of sp³-hybridized carbons (Fsp3) is 0.214. The number of hydrogen-bond donors (Lipinski definition) is 1. The third-order valence-electron chi connectivity index (χ3n) is 3.39. The third-order valence-corrected chi connectivity index (χ3v) is 4.76. The normalized spacial score (nSPS) is 11.9. The molecule has 126 valence electrons. The molecule has 0 aliphatic carbocycles. The molecule has 10 heteroatoms. The van der Waals surface area contributed by atoms with Crippen molar-refractivity contribution in [1.29, 1.82) is 0 Å². The molecule has 0 saturated carbocycles. The van der Waals surface area contributed by atoms with Crippen molar-refractivity contribution in [2.75, 3.05) is 5.32 Å². The highest BCUT2D eigenvalue weighted by Gasteiger charge is 2.34. The molecule has 2 heterocycles. The van der Waals surface area contributed by atoms with Gasteiger partial charge in [0.05, 0.1) is 11.3 Å². The van der Waals surface area contributed by atoms with Crippen LogP contribution in [0.25, 0.3) is 4.96 Å². The van der Waals surface area contributed by atoms with E-state index in [9.17, 15) is 18.0 Å². The number of carbonyl (C=O) groups excluding carboxylic acids is 1. The minimum absolute atomic E-state index is 0.0622. The molecule has 5 nitrogen and oxygen atoms in total. The van der Waals surface area contributed by atoms with Crippen LogP contribution in [0.5, 0.6) is 0 Å². The first-order valence-electron chi connectivity index (χ1n) is 6.67. The maximum Gasteiger partial charge on any atom is 0.418 e. The smallest absolute Gasteiger partial charge is 0.321 e. The molecule has 0 aliphatic heterocycles. The van der Waals surface area contributed by atoms with Crippen LogP contribution in [0.2, 0.25) is 5.02 Å². The Labute approximate surface area is 143 Å². The monoisotopic (exact) mass is 374 g/mol. The minimum atomic E-state index is -4.63. The van der Waals surface area contributed by atoms with Gasteiger partial charge in [0.15, 0.2) is 0 Å². The Bertz CT molecular complexity index is 948. The van der Waals surface area contributed by atoms with Gasteiger partial charge in [-0.25, -0.2) is 0 Å². The number of rotatable bonds is 2. The average Bonchev–Trinajstić information content (AvgIpc) is 3.01. The molecule has 24 heavy (non-hydrogen) atoms. The van der Waals surface area contributed by atoms with Crippen molar-refractivity contribution < 1.29 is 18.0 Å². The van der Waals surface area contributed by atoms with Crippen LogP contribution >= 0.6 is 22.9 Å². The molecule has 2 aromatic heterocycles. The lowest BCUT2D eigenvalue weighted by molar-refractivity contribution is -0.136. The van der Waals surface area contributed by atoms with E-state index >= 15 is 0 Å². The zero-order valence-corrected chi connectivity index (χ0v) is 14.0. The summed E-state index contributed by atoms with van der Waals surface area (Å²) in [5.74, 6) is -0.0458. The van der Waals surface area contributed by atoms with E-state index in [0.717, 1.165) is 23.5 Å². The molecule has 0 unspecified atom stereocenters. The Morgan fingerprint density at radius 1 is 1.29 bits per heavy atom. The lowest BCUT2D eigenvalue weighted by atomic mass is 10.1. The number of carbonyl (C=O) groups is 1. The molecule has 0 spiro atoms. The van der Waals surface area contributed by atoms with Gasteiger partial charge in [0.25, 0.3) is 5.91 Å². The van der Waals surface area contributed by atoms with Crippen molar-refractivity contribution in [3.63, 3.8) is 0 Å². The molecule has 1 aromatic carbocycles. The lowest BCUT2D eigenvalue weighted by Gasteiger charge is -2.14. The number of benzene rings is 1. The quantitative estimate of drug-likeness (QED) is 0.726.